The number of oxime groups is 2. The summed E-state index contributed by atoms with van der Waals surface area (Å²) in [6, 6.07) is 49.2. The number of esters is 3. The van der Waals surface area contributed by atoms with Gasteiger partial charge < -0.3 is 82.8 Å². The fraction of sp³-hybridized carbons (Fsp3) is 0.140. The van der Waals surface area contributed by atoms with Gasteiger partial charge in [0.05, 0.1) is 107 Å². The molecule has 770 valence electrons. The molecule has 7 aromatic heterocycles. The number of rotatable bonds is 20. The summed E-state index contributed by atoms with van der Waals surface area (Å²) in [7, 11) is 16.3. The molecule has 16 aromatic rings. The maximum atomic E-state index is 13.9. The molecule has 0 saturated carbocycles. The van der Waals surface area contributed by atoms with Crippen molar-refractivity contribution in [3.63, 3.8) is 0 Å². The van der Waals surface area contributed by atoms with Gasteiger partial charge in [0.25, 0.3) is 11.8 Å². The molecular formula is C100H81Cl15N14O19. The number of aromatic carboxylic acids is 1. The van der Waals surface area contributed by atoms with E-state index in [1.54, 1.807) is 241 Å². The molecule has 7 heterocycles. The normalized spacial score (nSPS) is 11.1. The van der Waals surface area contributed by atoms with Crippen LogP contribution < -0.4 is 25.3 Å². The molecule has 6 N–H and O–H groups in total. The zero-order chi connectivity index (χ0) is 109. The van der Waals surface area contributed by atoms with E-state index >= 15 is 0 Å². The number of carboxylic acids is 2. The lowest BCUT2D eigenvalue weighted by Crippen LogP contribution is -2.22. The number of carbonyl (C=O) groups excluding carboxylic acids is 5. The van der Waals surface area contributed by atoms with E-state index in [0.29, 0.717) is 126 Å². The SMILES string of the molecule is CN(C)c1onc(-c2c(Cl)cccc2Cl)c1C(=O)O.CN(C)c1onc(-c2c(Cl)cccc2Cl)c1C(=O)n1ccc2c(/C=C/C(=O)O)cccc21.CN(C)c1onc(-c2c(Cl)cccc2Cl)c1C(=O)n1ccc2c(/C=C/C(=O)OC(C)(C)C)cccc21.COC(=O)c1c(-c2c(Cl)cccc2Cl)noc1N.COC(=O)c1c(-c2c(Cl)cccc2Cl)noc1N(C)C.O/N=C(\Cl)c1c(Cl)cccc1Cl.O/N=C/c1c(Cl)cccc1Cl. The van der Waals surface area contributed by atoms with E-state index in [-0.39, 0.29) is 96.8 Å². The summed E-state index contributed by atoms with van der Waals surface area (Å²) in [4.78, 5) is 92.2. The monoisotopic (exact) mass is 2310 g/mol. The van der Waals surface area contributed by atoms with Gasteiger partial charge in [0, 0.05) is 125 Å². The summed E-state index contributed by atoms with van der Waals surface area (Å²) < 4.78 is 43.8. The zero-order valence-corrected chi connectivity index (χ0v) is 90.6. The molecule has 0 fully saturated rings. The second-order valence-corrected chi connectivity index (χ2v) is 38.0. The van der Waals surface area contributed by atoms with Crippen LogP contribution in [0.5, 0.6) is 0 Å². The van der Waals surface area contributed by atoms with Crippen molar-refractivity contribution in [1.29, 1.82) is 0 Å². The Kier molecular flexibility index (Phi) is 41.3. The number of carbonyl (C=O) groups is 7. The lowest BCUT2D eigenvalue weighted by atomic mass is 10.1. The largest absolute Gasteiger partial charge is 0.478 e. The van der Waals surface area contributed by atoms with Gasteiger partial charge in [-0.05, 0) is 153 Å². The Morgan fingerprint density at radius 2 is 0.662 bits per heavy atom. The van der Waals surface area contributed by atoms with Crippen LogP contribution in [0.25, 0.3) is 90.2 Å². The number of benzene rings is 9. The van der Waals surface area contributed by atoms with Crippen molar-refractivity contribution in [1.82, 2.24) is 34.9 Å². The summed E-state index contributed by atoms with van der Waals surface area (Å²) >= 11 is 90.5. The Morgan fingerprint density at radius 1 is 0.378 bits per heavy atom. The molecule has 33 nitrogen and oxygen atoms in total. The molecule has 0 atom stereocenters. The Labute approximate surface area is 918 Å². The number of nitrogens with two attached hydrogens (primary N) is 1. The lowest BCUT2D eigenvalue weighted by molar-refractivity contribution is -0.148. The quantitative estimate of drug-likeness (QED) is 0.0118. The highest BCUT2D eigenvalue weighted by atomic mass is 35.5. The number of aromatic nitrogens is 7. The molecule has 0 aliphatic rings. The number of nitrogens with zero attached hydrogens (tertiary/aromatic N) is 13. The molecule has 0 spiro atoms. The first kappa shape index (κ1) is 116. The molecule has 0 saturated heterocycles. The number of anilines is 5. The van der Waals surface area contributed by atoms with Crippen LogP contribution in [0.15, 0.2) is 233 Å². The molecule has 0 aliphatic heterocycles. The smallest absolute Gasteiger partial charge is 0.345 e. The van der Waals surface area contributed by atoms with Crippen molar-refractivity contribution in [3.8, 4) is 56.3 Å². The highest BCUT2D eigenvalue weighted by Crippen LogP contribution is 2.46. The third-order valence-corrected chi connectivity index (χ3v) is 24.8. The average molecular weight is 2310 g/mol. The van der Waals surface area contributed by atoms with Crippen molar-refractivity contribution < 1.29 is 91.0 Å². The summed E-state index contributed by atoms with van der Waals surface area (Å²) in [6.07, 6.45) is 10.1. The Morgan fingerprint density at radius 3 is 0.973 bits per heavy atom. The van der Waals surface area contributed by atoms with Crippen molar-refractivity contribution >= 4 is 290 Å². The molecule has 148 heavy (non-hydrogen) atoms. The number of aliphatic carboxylic acids is 1. The number of hydrogen-bond acceptors (Lipinski definition) is 29. The van der Waals surface area contributed by atoms with Gasteiger partial charge >= 0.3 is 29.8 Å². The van der Waals surface area contributed by atoms with Gasteiger partial charge in [-0.2, -0.15) is 0 Å². The fourth-order valence-electron chi connectivity index (χ4n) is 13.6. The van der Waals surface area contributed by atoms with Crippen LogP contribution in [0.3, 0.4) is 0 Å². The van der Waals surface area contributed by atoms with E-state index in [0.717, 1.165) is 22.4 Å². The summed E-state index contributed by atoms with van der Waals surface area (Å²) in [5, 5.41) is 66.6. The van der Waals surface area contributed by atoms with Crippen molar-refractivity contribution in [2.24, 2.45) is 10.3 Å². The van der Waals surface area contributed by atoms with Gasteiger partial charge in [0.1, 0.15) is 45.2 Å². The first-order valence-corrected chi connectivity index (χ1v) is 47.9. The standard InChI is InChI=1S/C27H25Cl2N3O4.C23H17Cl2N3O4.C13H12Cl2N2O3.C12H10Cl2N2O3.C11H8Cl2N2O3.C7H4Cl3NO.C7H5Cl2NO/c1-27(2,3)35-21(33)13-12-16-8-6-11-20-17(16)14-15-32(20)25(34)23-24(30-36-26(23)31(4)5)22-18(28)9-7-10-19(22)29;1-27(2)23-20(21(26-32-23)19-15(24)6-4-7-16(19)25)22(31)28-12-11-14-13(9-10-18(29)30)5-3-8-17(14)28;1-17(2)12-10(13(18)19-3)11(16-20-12)9-7(14)5-4-6-8(9)15;1-16(2)11-9(12(17)18)10(15-19-11)8-6(13)4-3-5-7(8)14;1-17-11(16)8-9(15-18-10(8)14)7-5(12)3-2-4-6(7)13;8-4-2-1-3-5(9)6(4)7(10)11-12;8-6-2-1-3-7(9)5(6)4-10-11/h6-15H,1-5H3;3-12H,1-2H3,(H,29,30);4-6H,1-3H3;3-5H,1-2H3,(H,17,18);2-4H,14H2,1H3;1-3,12H;1-4,11H/b13-12+;10-9+;;;;11-7-;10-4+. The number of hydrogen-bond donors (Lipinski definition) is 5. The van der Waals surface area contributed by atoms with Gasteiger partial charge in [-0.1, -0.05) is 277 Å². The predicted molar refractivity (Wildman–Crippen MR) is 583 cm³/mol. The molecule has 48 heteroatoms. The first-order valence-electron chi connectivity index (χ1n) is 42.2. The van der Waals surface area contributed by atoms with Crippen LogP contribution >= 0.6 is 174 Å². The highest BCUT2D eigenvalue weighted by Gasteiger charge is 2.35. The van der Waals surface area contributed by atoms with E-state index in [9.17, 15) is 38.7 Å². The van der Waals surface area contributed by atoms with E-state index in [1.807, 2.05) is 45.0 Å². The minimum Gasteiger partial charge on any atom is -0.478 e. The van der Waals surface area contributed by atoms with Gasteiger partial charge in [-0.25, -0.2) is 24.0 Å². The molecular weight excluding hydrogens is 2230 g/mol. The van der Waals surface area contributed by atoms with E-state index in [4.69, 9.17) is 227 Å². The van der Waals surface area contributed by atoms with E-state index in [1.165, 1.54) is 46.6 Å². The van der Waals surface area contributed by atoms with Crippen LogP contribution in [0, 0.1) is 0 Å². The zero-order valence-electron chi connectivity index (χ0n) is 79.3. The van der Waals surface area contributed by atoms with Gasteiger partial charge in [0.2, 0.25) is 29.4 Å². The first-order chi connectivity index (χ1) is 70.1. The van der Waals surface area contributed by atoms with Gasteiger partial charge in [-0.15, -0.1) is 0 Å². The van der Waals surface area contributed by atoms with Crippen LogP contribution in [0.1, 0.15) is 94.8 Å². The molecule has 0 amide bonds. The summed E-state index contributed by atoms with van der Waals surface area (Å²) in [6.45, 7) is 5.42. The lowest BCUT2D eigenvalue weighted by Gasteiger charge is -2.17. The van der Waals surface area contributed by atoms with Crippen LogP contribution in [-0.4, -0.2) is 185 Å². The number of carboxylic acid groups (broad SMARTS) is 2. The van der Waals surface area contributed by atoms with Gasteiger partial charge in [-0.3, -0.25) is 18.7 Å². The highest BCUT2D eigenvalue weighted by molar-refractivity contribution is 6.71. The van der Waals surface area contributed by atoms with Crippen LogP contribution in [0.2, 0.25) is 70.3 Å². The van der Waals surface area contributed by atoms with E-state index < -0.39 is 41.4 Å². The maximum Gasteiger partial charge on any atom is 0.345 e. The fourth-order valence-corrected chi connectivity index (χ4v) is 17.9. The minimum absolute atomic E-state index is 0.00694. The molecule has 0 bridgehead atoms. The van der Waals surface area contributed by atoms with Crippen molar-refractivity contribution in [2.45, 2.75) is 26.4 Å². The predicted octanol–water partition coefficient (Wildman–Crippen LogP) is 28.3. The van der Waals surface area contributed by atoms with Crippen LogP contribution in [-0.2, 0) is 23.8 Å². The number of nitrogen functional groups attached to an aromatic ring is 1. The second kappa shape index (κ2) is 52.4. The number of fused-ring (bicyclic) bond motifs is 2. The Hall–Kier alpha value is -13.4. The Bertz CT molecular complexity index is 7620. The molecule has 0 aliphatic carbocycles. The number of ether oxygens (including phenoxy) is 3. The maximum absolute atomic E-state index is 13.9. The summed E-state index contributed by atoms with van der Waals surface area (Å²) in [5.74, 6) is -3.86. The molecule has 0 unspecified atom stereocenters. The average Bonchev–Trinajstić information content (AvgIpc) is 1.59. The number of methoxy groups -OCH3 is 2. The Balaban J connectivity index is 0.000000183. The molecule has 9 aromatic carbocycles. The van der Waals surface area contributed by atoms with E-state index in [2.05, 4.69) is 40.8 Å². The molecule has 0 radical (unpaired) electrons. The molecule has 16 rings (SSSR count). The van der Waals surface area contributed by atoms with Crippen molar-refractivity contribution in [2.75, 3.05) is 95.9 Å². The van der Waals surface area contributed by atoms with Crippen LogP contribution in [0.4, 0.5) is 29.4 Å². The third kappa shape index (κ3) is 27.8. The van der Waals surface area contributed by atoms with Gasteiger partial charge in [0.15, 0.2) is 21.9 Å². The topological polar surface area (TPSA) is 432 Å². The number of halogens is 15. The minimum atomic E-state index is -1.16. The second-order valence-electron chi connectivity index (χ2n) is 31.9. The third-order valence-electron chi connectivity index (χ3n) is 20.1. The van der Waals surface area contributed by atoms with Crippen molar-refractivity contribution in [3.05, 3.63) is 321 Å². The summed E-state index contributed by atoms with van der Waals surface area (Å²) in [5.41, 5.74) is 12.1.